The number of rotatable bonds is 2. The van der Waals surface area contributed by atoms with E-state index < -0.39 is 6.10 Å². The first kappa shape index (κ1) is 9.68. The molecule has 0 aromatic carbocycles. The maximum atomic E-state index is 9.70. The molecule has 14 heavy (non-hydrogen) atoms. The largest absolute Gasteiger partial charge is 0.385 e. The number of hydrogen-bond donors (Lipinski definition) is 2. The van der Waals surface area contributed by atoms with Crippen LogP contribution in [0, 0.1) is 6.92 Å². The van der Waals surface area contributed by atoms with E-state index in [2.05, 4.69) is 9.55 Å². The van der Waals surface area contributed by atoms with Gasteiger partial charge in [0.1, 0.15) is 11.9 Å². The van der Waals surface area contributed by atoms with Gasteiger partial charge in [-0.3, -0.25) is 0 Å². The van der Waals surface area contributed by atoms with Crippen LogP contribution in [0.2, 0.25) is 0 Å². The van der Waals surface area contributed by atoms with E-state index in [0.29, 0.717) is 0 Å². The Hall–Kier alpha value is -0.870. The molecule has 0 spiro atoms. The molecule has 1 atom stereocenters. The number of nitrogens with zero attached hydrogens (tertiary/aromatic N) is 2. The van der Waals surface area contributed by atoms with Gasteiger partial charge in [0.05, 0.1) is 5.69 Å². The van der Waals surface area contributed by atoms with E-state index in [1.54, 1.807) is 0 Å². The predicted molar refractivity (Wildman–Crippen MR) is 53.9 cm³/mol. The standard InChI is InChI=1S/C10H17N3O/c1-7-12-10(9(14)6-11)8-4-2-3-5-13(7)8/h9,14H,2-6,11H2,1H3. The highest BCUT2D eigenvalue weighted by molar-refractivity contribution is 5.21. The molecule has 4 nitrogen and oxygen atoms in total. The van der Waals surface area contributed by atoms with E-state index >= 15 is 0 Å². The van der Waals surface area contributed by atoms with Crippen molar-refractivity contribution in [2.45, 2.75) is 38.8 Å². The molecule has 3 N–H and O–H groups in total. The Morgan fingerprint density at radius 3 is 3.07 bits per heavy atom. The van der Waals surface area contributed by atoms with Gasteiger partial charge >= 0.3 is 0 Å². The van der Waals surface area contributed by atoms with E-state index in [9.17, 15) is 5.11 Å². The zero-order valence-electron chi connectivity index (χ0n) is 8.53. The maximum Gasteiger partial charge on any atom is 0.110 e. The third-order valence-electron chi connectivity index (χ3n) is 2.88. The van der Waals surface area contributed by atoms with Crippen LogP contribution in [0.25, 0.3) is 0 Å². The zero-order valence-corrected chi connectivity index (χ0v) is 8.53. The molecular weight excluding hydrogens is 178 g/mol. The Bertz CT molecular complexity index is 332. The van der Waals surface area contributed by atoms with Gasteiger partial charge < -0.3 is 15.4 Å². The molecule has 1 unspecified atom stereocenters. The highest BCUT2D eigenvalue weighted by Gasteiger charge is 2.21. The summed E-state index contributed by atoms with van der Waals surface area (Å²) < 4.78 is 2.21. The van der Waals surface area contributed by atoms with Crippen molar-refractivity contribution in [1.29, 1.82) is 0 Å². The molecule has 0 amide bonds. The van der Waals surface area contributed by atoms with Crippen molar-refractivity contribution in [3.8, 4) is 0 Å². The summed E-state index contributed by atoms with van der Waals surface area (Å²) in [4.78, 5) is 4.40. The summed E-state index contributed by atoms with van der Waals surface area (Å²) in [6, 6.07) is 0. The number of aliphatic hydroxyl groups is 1. The van der Waals surface area contributed by atoms with E-state index in [1.807, 2.05) is 6.92 Å². The van der Waals surface area contributed by atoms with Crippen LogP contribution in [0.15, 0.2) is 0 Å². The Morgan fingerprint density at radius 1 is 1.57 bits per heavy atom. The van der Waals surface area contributed by atoms with E-state index in [-0.39, 0.29) is 6.54 Å². The van der Waals surface area contributed by atoms with E-state index in [1.165, 1.54) is 18.5 Å². The SMILES string of the molecule is Cc1nc(C(O)CN)c2n1CCCC2. The number of aromatic nitrogens is 2. The number of aliphatic hydroxyl groups excluding tert-OH is 1. The average molecular weight is 195 g/mol. The molecule has 0 saturated carbocycles. The minimum absolute atomic E-state index is 0.253. The lowest BCUT2D eigenvalue weighted by molar-refractivity contribution is 0.180. The summed E-state index contributed by atoms with van der Waals surface area (Å²) in [5.74, 6) is 1.00. The summed E-state index contributed by atoms with van der Waals surface area (Å²) in [6.45, 7) is 3.27. The van der Waals surface area contributed by atoms with Crippen LogP contribution in [-0.2, 0) is 13.0 Å². The first-order chi connectivity index (χ1) is 6.74. The molecule has 1 aromatic rings. The van der Waals surface area contributed by atoms with Crippen LogP contribution in [0.5, 0.6) is 0 Å². The molecule has 0 saturated heterocycles. The first-order valence-corrected chi connectivity index (χ1v) is 5.18. The molecule has 0 radical (unpaired) electrons. The lowest BCUT2D eigenvalue weighted by atomic mass is 10.1. The summed E-state index contributed by atoms with van der Waals surface area (Å²) in [7, 11) is 0. The smallest absolute Gasteiger partial charge is 0.110 e. The van der Waals surface area contributed by atoms with E-state index in [4.69, 9.17) is 5.73 Å². The average Bonchev–Trinajstić information content (AvgIpc) is 2.56. The number of fused-ring (bicyclic) bond motifs is 1. The Morgan fingerprint density at radius 2 is 2.36 bits per heavy atom. The molecule has 0 bridgehead atoms. The van der Waals surface area contributed by atoms with Crippen molar-refractivity contribution in [2.75, 3.05) is 6.54 Å². The maximum absolute atomic E-state index is 9.70. The van der Waals surface area contributed by atoms with Gasteiger partial charge in [-0.25, -0.2) is 4.98 Å². The summed E-state index contributed by atoms with van der Waals surface area (Å²) in [5.41, 5.74) is 7.43. The van der Waals surface area contributed by atoms with Gasteiger partial charge in [0.25, 0.3) is 0 Å². The molecule has 4 heteroatoms. The molecule has 78 valence electrons. The zero-order chi connectivity index (χ0) is 10.1. The summed E-state index contributed by atoms with van der Waals surface area (Å²) >= 11 is 0. The second kappa shape index (κ2) is 3.71. The number of nitrogens with two attached hydrogens (primary N) is 1. The lowest BCUT2D eigenvalue weighted by Crippen LogP contribution is -2.16. The van der Waals surface area contributed by atoms with Crippen molar-refractivity contribution in [2.24, 2.45) is 5.73 Å². The number of imidazole rings is 1. The van der Waals surface area contributed by atoms with Crippen LogP contribution in [0.3, 0.4) is 0 Å². The minimum Gasteiger partial charge on any atom is -0.385 e. The van der Waals surface area contributed by atoms with E-state index in [0.717, 1.165) is 24.5 Å². The van der Waals surface area contributed by atoms with Crippen LogP contribution in [0.1, 0.15) is 36.2 Å². The number of aryl methyl sites for hydroxylation is 1. The Balaban J connectivity index is 2.41. The lowest BCUT2D eigenvalue weighted by Gasteiger charge is -2.17. The van der Waals surface area contributed by atoms with Crippen LogP contribution in [0.4, 0.5) is 0 Å². The van der Waals surface area contributed by atoms with Gasteiger partial charge in [0, 0.05) is 18.8 Å². The molecule has 2 rings (SSSR count). The van der Waals surface area contributed by atoms with Crippen LogP contribution in [-0.4, -0.2) is 21.2 Å². The summed E-state index contributed by atoms with van der Waals surface area (Å²) in [6.07, 6.45) is 2.83. The number of hydrogen-bond acceptors (Lipinski definition) is 3. The van der Waals surface area contributed by atoms with Crippen molar-refractivity contribution < 1.29 is 5.11 Å². The second-order valence-electron chi connectivity index (χ2n) is 3.85. The molecule has 0 aliphatic carbocycles. The fourth-order valence-electron chi connectivity index (χ4n) is 2.13. The van der Waals surface area contributed by atoms with Crippen molar-refractivity contribution in [3.63, 3.8) is 0 Å². The Labute approximate surface area is 83.8 Å². The molecule has 1 aliphatic rings. The van der Waals surface area contributed by atoms with Crippen LogP contribution < -0.4 is 5.73 Å². The third kappa shape index (κ3) is 1.44. The van der Waals surface area contributed by atoms with Gasteiger partial charge in [-0.2, -0.15) is 0 Å². The van der Waals surface area contributed by atoms with Crippen LogP contribution >= 0.6 is 0 Å². The monoisotopic (exact) mass is 195 g/mol. The van der Waals surface area contributed by atoms with Crippen molar-refractivity contribution >= 4 is 0 Å². The fourth-order valence-corrected chi connectivity index (χ4v) is 2.13. The third-order valence-corrected chi connectivity index (χ3v) is 2.88. The highest BCUT2D eigenvalue weighted by atomic mass is 16.3. The molecule has 1 aromatic heterocycles. The van der Waals surface area contributed by atoms with Crippen molar-refractivity contribution in [1.82, 2.24) is 9.55 Å². The fraction of sp³-hybridized carbons (Fsp3) is 0.700. The normalized spacial score (nSPS) is 17.9. The quantitative estimate of drug-likeness (QED) is 0.723. The predicted octanol–water partition coefficient (Wildman–Crippen LogP) is 0.520. The molecule has 2 heterocycles. The molecule has 0 fully saturated rings. The minimum atomic E-state index is -0.594. The molecule has 1 aliphatic heterocycles. The van der Waals surface area contributed by atoms with Gasteiger partial charge in [-0.15, -0.1) is 0 Å². The second-order valence-corrected chi connectivity index (χ2v) is 3.85. The van der Waals surface area contributed by atoms with Gasteiger partial charge in [-0.1, -0.05) is 0 Å². The van der Waals surface area contributed by atoms with Gasteiger partial charge in [-0.05, 0) is 26.2 Å². The first-order valence-electron chi connectivity index (χ1n) is 5.18. The highest BCUT2D eigenvalue weighted by Crippen LogP contribution is 2.24. The topological polar surface area (TPSA) is 64.1 Å². The van der Waals surface area contributed by atoms with Crippen molar-refractivity contribution in [3.05, 3.63) is 17.2 Å². The summed E-state index contributed by atoms with van der Waals surface area (Å²) in [5, 5.41) is 9.70. The molecular formula is C10H17N3O. The Kier molecular flexibility index (Phi) is 2.56. The van der Waals surface area contributed by atoms with Gasteiger partial charge in [0.2, 0.25) is 0 Å². The van der Waals surface area contributed by atoms with Gasteiger partial charge in [0.15, 0.2) is 0 Å².